The Morgan fingerprint density at radius 2 is 1.85 bits per heavy atom. The average Bonchev–Trinajstić information content (AvgIpc) is 3.19. The van der Waals surface area contributed by atoms with Crippen molar-refractivity contribution in [1.82, 2.24) is 34.7 Å². The second kappa shape index (κ2) is 9.17. The molecular formula is C25H27N7O2. The number of benzene rings is 1. The van der Waals surface area contributed by atoms with Gasteiger partial charge in [0.25, 0.3) is 0 Å². The van der Waals surface area contributed by atoms with Gasteiger partial charge >= 0.3 is 5.69 Å². The molecule has 2 atom stereocenters. The van der Waals surface area contributed by atoms with Crippen molar-refractivity contribution in [2.45, 2.75) is 52.1 Å². The predicted octanol–water partition coefficient (Wildman–Crippen LogP) is 3.43. The monoisotopic (exact) mass is 457 g/mol. The quantitative estimate of drug-likeness (QED) is 0.412. The molecular weight excluding hydrogens is 430 g/mol. The van der Waals surface area contributed by atoms with Crippen LogP contribution in [0.3, 0.4) is 0 Å². The number of rotatable bonds is 9. The fourth-order valence-corrected chi connectivity index (χ4v) is 4.59. The summed E-state index contributed by atoms with van der Waals surface area (Å²) in [5, 5.41) is 14.1. The van der Waals surface area contributed by atoms with Crippen LogP contribution in [-0.4, -0.2) is 40.5 Å². The first-order valence-electron chi connectivity index (χ1n) is 11.7. The minimum atomic E-state index is -0.315. The summed E-state index contributed by atoms with van der Waals surface area (Å²) in [4.78, 5) is 30.0. The molecule has 0 radical (unpaired) electrons. The first-order chi connectivity index (χ1) is 16.6. The number of imidazole rings is 1. The van der Waals surface area contributed by atoms with Crippen molar-refractivity contribution in [3.8, 4) is 22.5 Å². The summed E-state index contributed by atoms with van der Waals surface area (Å²) in [5.74, 6) is 0.654. The SMILES string of the molecule is CCCCc1cn(C2C(=O)C2CC)c(=O)n1Cc1cnccc1-c1ccc(-c2nn[nH]n2)cc1. The summed E-state index contributed by atoms with van der Waals surface area (Å²) in [5.41, 5.74) is 4.66. The lowest BCUT2D eigenvalue weighted by Gasteiger charge is -2.12. The van der Waals surface area contributed by atoms with E-state index in [1.807, 2.05) is 54.2 Å². The molecule has 1 saturated carbocycles. The van der Waals surface area contributed by atoms with Crippen molar-refractivity contribution in [1.29, 1.82) is 0 Å². The summed E-state index contributed by atoms with van der Waals surface area (Å²) < 4.78 is 3.46. The fraction of sp³-hybridized carbons (Fsp3) is 0.360. The number of carbonyl (C=O) groups is 1. The number of H-pyrrole nitrogens is 1. The lowest BCUT2D eigenvalue weighted by atomic mass is 10.00. The molecule has 3 heterocycles. The molecule has 1 aromatic carbocycles. The molecule has 0 spiro atoms. The van der Waals surface area contributed by atoms with E-state index in [9.17, 15) is 9.59 Å². The van der Waals surface area contributed by atoms with Crippen molar-refractivity contribution < 1.29 is 4.79 Å². The van der Waals surface area contributed by atoms with Crippen LogP contribution in [0.5, 0.6) is 0 Å². The van der Waals surface area contributed by atoms with E-state index in [2.05, 4.69) is 32.5 Å². The van der Waals surface area contributed by atoms with Crippen molar-refractivity contribution in [2.75, 3.05) is 0 Å². The Balaban J connectivity index is 1.49. The number of ketones is 1. The highest BCUT2D eigenvalue weighted by Crippen LogP contribution is 2.40. The number of aromatic nitrogens is 7. The summed E-state index contributed by atoms with van der Waals surface area (Å²) in [6.45, 7) is 4.53. The van der Waals surface area contributed by atoms with E-state index < -0.39 is 0 Å². The van der Waals surface area contributed by atoms with Gasteiger partial charge < -0.3 is 0 Å². The number of hydrogen-bond acceptors (Lipinski definition) is 6. The van der Waals surface area contributed by atoms with Gasteiger partial charge in [-0.05, 0) is 47.2 Å². The number of nitrogens with one attached hydrogen (secondary N) is 1. The minimum Gasteiger partial charge on any atom is -0.297 e. The first-order valence-corrected chi connectivity index (χ1v) is 11.7. The molecule has 9 heteroatoms. The second-order valence-corrected chi connectivity index (χ2v) is 8.71. The molecule has 3 aromatic heterocycles. The zero-order valence-electron chi connectivity index (χ0n) is 19.3. The van der Waals surface area contributed by atoms with E-state index in [1.54, 1.807) is 10.8 Å². The summed E-state index contributed by atoms with van der Waals surface area (Å²) in [7, 11) is 0. The maximum absolute atomic E-state index is 13.4. The molecule has 0 bridgehead atoms. The molecule has 1 aliphatic rings. The molecule has 0 amide bonds. The highest BCUT2D eigenvalue weighted by molar-refractivity contribution is 6.01. The van der Waals surface area contributed by atoms with Gasteiger partial charge in [-0.1, -0.05) is 44.5 Å². The molecule has 4 aromatic rings. The van der Waals surface area contributed by atoms with Gasteiger partial charge in [0.05, 0.1) is 6.54 Å². The van der Waals surface area contributed by atoms with Crippen LogP contribution in [-0.2, 0) is 17.8 Å². The number of pyridine rings is 1. The number of carbonyl (C=O) groups excluding carboxylic acids is 1. The van der Waals surface area contributed by atoms with E-state index in [0.717, 1.165) is 53.6 Å². The van der Waals surface area contributed by atoms with Gasteiger partial charge in [-0.2, -0.15) is 5.21 Å². The van der Waals surface area contributed by atoms with Crippen LogP contribution in [0.2, 0.25) is 0 Å². The zero-order valence-corrected chi connectivity index (χ0v) is 19.3. The lowest BCUT2D eigenvalue weighted by molar-refractivity contribution is -0.111. The summed E-state index contributed by atoms with van der Waals surface area (Å²) in [6.07, 6.45) is 9.04. The van der Waals surface area contributed by atoms with Gasteiger partial charge in [-0.15, -0.1) is 10.2 Å². The highest BCUT2D eigenvalue weighted by atomic mass is 16.2. The highest BCUT2D eigenvalue weighted by Gasteiger charge is 2.50. The molecule has 174 valence electrons. The van der Waals surface area contributed by atoms with Gasteiger partial charge in [0.2, 0.25) is 5.82 Å². The minimum absolute atomic E-state index is 0.0424. The largest absolute Gasteiger partial charge is 0.329 e. The maximum Gasteiger partial charge on any atom is 0.329 e. The third-order valence-electron chi connectivity index (χ3n) is 6.57. The standard InChI is InChI=1S/C25H27N7O2/c1-3-5-6-19-15-32(22-20(4-2)23(22)33)25(34)31(19)14-18-13-26-12-11-21(18)16-7-9-17(10-8-16)24-27-29-30-28-24/h7-13,15,20,22H,3-6,14H2,1-2H3,(H,27,28,29,30). The Hall–Kier alpha value is -3.88. The number of Topliss-reactive ketones (excluding diaryl/α,β-unsaturated/α-hetero) is 1. The number of aromatic amines is 1. The molecule has 1 aliphatic carbocycles. The van der Waals surface area contributed by atoms with E-state index in [-0.39, 0.29) is 23.4 Å². The summed E-state index contributed by atoms with van der Waals surface area (Å²) in [6, 6.07) is 9.55. The Morgan fingerprint density at radius 1 is 1.06 bits per heavy atom. The Kier molecular flexibility index (Phi) is 5.91. The van der Waals surface area contributed by atoms with Crippen molar-refractivity contribution in [3.05, 3.63) is 70.7 Å². The number of aryl methyl sites for hydroxylation is 1. The van der Waals surface area contributed by atoms with E-state index in [0.29, 0.717) is 12.4 Å². The Morgan fingerprint density at radius 3 is 2.53 bits per heavy atom. The lowest BCUT2D eigenvalue weighted by Crippen LogP contribution is -2.26. The Labute approximate surface area is 196 Å². The van der Waals surface area contributed by atoms with Gasteiger partial charge in [-0.25, -0.2) is 4.79 Å². The van der Waals surface area contributed by atoms with Crippen LogP contribution < -0.4 is 5.69 Å². The summed E-state index contributed by atoms with van der Waals surface area (Å²) >= 11 is 0. The number of tetrazole rings is 1. The molecule has 9 nitrogen and oxygen atoms in total. The molecule has 1 N–H and O–H groups in total. The van der Waals surface area contributed by atoms with Gasteiger partial charge in [0, 0.05) is 35.8 Å². The van der Waals surface area contributed by atoms with Crippen LogP contribution in [0.25, 0.3) is 22.5 Å². The van der Waals surface area contributed by atoms with Crippen LogP contribution in [0.1, 0.15) is 50.4 Å². The Bertz CT molecular complexity index is 1350. The van der Waals surface area contributed by atoms with Crippen molar-refractivity contribution >= 4 is 5.78 Å². The third kappa shape index (κ3) is 3.98. The number of unbranched alkanes of at least 4 members (excludes halogenated alkanes) is 1. The molecule has 0 aliphatic heterocycles. The number of hydrogen-bond donors (Lipinski definition) is 1. The number of nitrogens with zero attached hydrogens (tertiary/aromatic N) is 6. The third-order valence-corrected chi connectivity index (χ3v) is 6.57. The van der Waals surface area contributed by atoms with Gasteiger partial charge in [0.1, 0.15) is 6.04 Å². The van der Waals surface area contributed by atoms with Crippen LogP contribution in [0, 0.1) is 5.92 Å². The van der Waals surface area contributed by atoms with Crippen LogP contribution >= 0.6 is 0 Å². The fourth-order valence-electron chi connectivity index (χ4n) is 4.59. The van der Waals surface area contributed by atoms with Crippen LogP contribution in [0.15, 0.2) is 53.7 Å². The average molecular weight is 458 g/mol. The second-order valence-electron chi connectivity index (χ2n) is 8.71. The predicted molar refractivity (Wildman–Crippen MR) is 127 cm³/mol. The molecule has 34 heavy (non-hydrogen) atoms. The molecule has 0 saturated heterocycles. The molecule has 5 rings (SSSR count). The zero-order chi connectivity index (χ0) is 23.7. The van der Waals surface area contributed by atoms with Gasteiger partial charge in [-0.3, -0.25) is 18.9 Å². The van der Waals surface area contributed by atoms with Crippen molar-refractivity contribution in [3.63, 3.8) is 0 Å². The van der Waals surface area contributed by atoms with E-state index in [4.69, 9.17) is 0 Å². The normalized spacial score (nSPS) is 17.3. The van der Waals surface area contributed by atoms with Crippen LogP contribution in [0.4, 0.5) is 0 Å². The smallest absolute Gasteiger partial charge is 0.297 e. The first kappa shape index (κ1) is 21.9. The van der Waals surface area contributed by atoms with Crippen molar-refractivity contribution in [2.24, 2.45) is 5.92 Å². The topological polar surface area (TPSA) is 111 Å². The maximum atomic E-state index is 13.4. The van der Waals surface area contributed by atoms with E-state index in [1.165, 1.54) is 0 Å². The molecule has 2 unspecified atom stereocenters. The van der Waals surface area contributed by atoms with E-state index >= 15 is 0 Å². The molecule has 1 fully saturated rings. The van der Waals surface area contributed by atoms with Gasteiger partial charge in [0.15, 0.2) is 5.78 Å².